The van der Waals surface area contributed by atoms with Crippen molar-refractivity contribution in [2.45, 2.75) is 0 Å². The van der Waals surface area contributed by atoms with Crippen molar-refractivity contribution < 1.29 is 14.3 Å². The number of carbonyl (C=O) groups excluding carboxylic acids is 1. The lowest BCUT2D eigenvalue weighted by atomic mass is 10.2. The summed E-state index contributed by atoms with van der Waals surface area (Å²) < 4.78 is 9.47. The maximum atomic E-state index is 10.9. The number of nitrogens with one attached hydrogen (secondary N) is 1. The molecule has 5 nitrogen and oxygen atoms in total. The maximum absolute atomic E-state index is 10.9. The number of nitrogen functional groups attached to an aromatic ring is 1. The maximum Gasteiger partial charge on any atom is 0.411 e. The molecule has 0 unspecified atom stereocenters. The third-order valence-electron chi connectivity index (χ3n) is 1.65. The molecule has 76 valence electrons. The van der Waals surface area contributed by atoms with Crippen LogP contribution in [0, 0.1) is 0 Å². The van der Waals surface area contributed by atoms with Crippen LogP contribution >= 0.6 is 0 Å². The van der Waals surface area contributed by atoms with Crippen LogP contribution in [0.1, 0.15) is 0 Å². The summed E-state index contributed by atoms with van der Waals surface area (Å²) in [6, 6.07) is 4.92. The van der Waals surface area contributed by atoms with Gasteiger partial charge < -0.3 is 15.2 Å². The molecular formula is C9H12N2O3. The molecule has 1 aromatic rings. The van der Waals surface area contributed by atoms with Gasteiger partial charge in [0.05, 0.1) is 19.9 Å². The van der Waals surface area contributed by atoms with Crippen LogP contribution in [0.2, 0.25) is 0 Å². The highest BCUT2D eigenvalue weighted by Gasteiger charge is 2.06. The molecule has 0 bridgehead atoms. The Labute approximate surface area is 81.8 Å². The molecule has 0 atom stereocenters. The Balaban J connectivity index is 2.90. The Kier molecular flexibility index (Phi) is 3.17. The summed E-state index contributed by atoms with van der Waals surface area (Å²) in [6.45, 7) is 0. The zero-order valence-corrected chi connectivity index (χ0v) is 8.03. The molecule has 5 heteroatoms. The molecule has 0 aliphatic carbocycles. The van der Waals surface area contributed by atoms with Gasteiger partial charge in [-0.1, -0.05) is 0 Å². The number of nitrogens with two attached hydrogens (primary N) is 1. The summed E-state index contributed by atoms with van der Waals surface area (Å²) >= 11 is 0. The van der Waals surface area contributed by atoms with E-state index in [0.717, 1.165) is 0 Å². The fourth-order valence-corrected chi connectivity index (χ4v) is 0.972. The number of rotatable bonds is 2. The van der Waals surface area contributed by atoms with E-state index in [4.69, 9.17) is 10.5 Å². The highest BCUT2D eigenvalue weighted by Crippen LogP contribution is 2.26. The number of amides is 1. The number of ether oxygens (including phenoxy) is 2. The fourth-order valence-electron chi connectivity index (χ4n) is 0.972. The highest BCUT2D eigenvalue weighted by atomic mass is 16.5. The summed E-state index contributed by atoms with van der Waals surface area (Å²) in [7, 11) is 2.79. The zero-order valence-electron chi connectivity index (χ0n) is 8.03. The van der Waals surface area contributed by atoms with Crippen LogP contribution in [-0.4, -0.2) is 20.3 Å². The van der Waals surface area contributed by atoms with E-state index in [1.165, 1.54) is 14.2 Å². The Hall–Kier alpha value is -1.91. The van der Waals surface area contributed by atoms with Gasteiger partial charge in [0.25, 0.3) is 0 Å². The molecule has 3 N–H and O–H groups in total. The van der Waals surface area contributed by atoms with E-state index in [2.05, 4.69) is 10.1 Å². The number of hydrogen-bond donors (Lipinski definition) is 2. The number of carbonyl (C=O) groups is 1. The first kappa shape index (κ1) is 10.2. The zero-order chi connectivity index (χ0) is 10.6. The van der Waals surface area contributed by atoms with Crippen molar-refractivity contribution in [2.24, 2.45) is 0 Å². The quantitative estimate of drug-likeness (QED) is 0.702. The van der Waals surface area contributed by atoms with Gasteiger partial charge in [-0.25, -0.2) is 4.79 Å². The van der Waals surface area contributed by atoms with Crippen molar-refractivity contribution >= 4 is 17.5 Å². The lowest BCUT2D eigenvalue weighted by Gasteiger charge is -2.09. The van der Waals surface area contributed by atoms with Gasteiger partial charge in [-0.05, 0) is 12.1 Å². The second kappa shape index (κ2) is 4.36. The molecule has 0 aromatic heterocycles. The number of methoxy groups -OCH3 is 2. The van der Waals surface area contributed by atoms with Gasteiger partial charge in [-0.15, -0.1) is 0 Å². The molecule has 1 rings (SSSR count). The van der Waals surface area contributed by atoms with Gasteiger partial charge in [0.2, 0.25) is 0 Å². The van der Waals surface area contributed by atoms with E-state index in [0.29, 0.717) is 17.1 Å². The van der Waals surface area contributed by atoms with E-state index in [9.17, 15) is 4.79 Å². The first-order valence-electron chi connectivity index (χ1n) is 3.96. The van der Waals surface area contributed by atoms with Crippen molar-refractivity contribution in [3.05, 3.63) is 18.2 Å². The molecule has 0 radical (unpaired) electrons. The lowest BCUT2D eigenvalue weighted by molar-refractivity contribution is 0.187. The van der Waals surface area contributed by atoms with E-state index >= 15 is 0 Å². The van der Waals surface area contributed by atoms with E-state index in [-0.39, 0.29) is 0 Å². The van der Waals surface area contributed by atoms with Gasteiger partial charge in [0.15, 0.2) is 0 Å². The monoisotopic (exact) mass is 196 g/mol. The third kappa shape index (κ3) is 2.29. The van der Waals surface area contributed by atoms with Crippen molar-refractivity contribution in [1.29, 1.82) is 0 Å². The lowest BCUT2D eigenvalue weighted by Crippen LogP contribution is -2.11. The van der Waals surface area contributed by atoms with Crippen molar-refractivity contribution in [2.75, 3.05) is 25.3 Å². The van der Waals surface area contributed by atoms with Crippen LogP contribution < -0.4 is 15.8 Å². The van der Waals surface area contributed by atoms with Crippen molar-refractivity contribution in [1.82, 2.24) is 0 Å². The van der Waals surface area contributed by atoms with Crippen LogP contribution in [0.15, 0.2) is 18.2 Å². The van der Waals surface area contributed by atoms with Gasteiger partial charge in [-0.3, -0.25) is 5.32 Å². The molecule has 0 saturated heterocycles. The molecule has 14 heavy (non-hydrogen) atoms. The van der Waals surface area contributed by atoms with Crippen LogP contribution in [0.5, 0.6) is 5.75 Å². The fraction of sp³-hybridized carbons (Fsp3) is 0.222. The standard InChI is InChI=1S/C9H12N2O3/c1-13-8-5-6(10)3-4-7(8)11-9(12)14-2/h3-5H,10H2,1-2H3,(H,11,12). The summed E-state index contributed by atoms with van der Waals surface area (Å²) in [4.78, 5) is 10.9. The smallest absolute Gasteiger partial charge is 0.411 e. The van der Waals surface area contributed by atoms with Crippen LogP contribution in [0.3, 0.4) is 0 Å². The molecule has 1 aromatic carbocycles. The minimum absolute atomic E-state index is 0.496. The highest BCUT2D eigenvalue weighted by molar-refractivity contribution is 5.87. The Morgan fingerprint density at radius 1 is 1.43 bits per heavy atom. The van der Waals surface area contributed by atoms with Crippen molar-refractivity contribution in [3.63, 3.8) is 0 Å². The summed E-state index contributed by atoms with van der Waals surface area (Å²) in [5.41, 5.74) is 6.63. The van der Waals surface area contributed by atoms with E-state index < -0.39 is 6.09 Å². The van der Waals surface area contributed by atoms with Gasteiger partial charge >= 0.3 is 6.09 Å². The summed E-state index contributed by atoms with van der Waals surface area (Å²) in [5.74, 6) is 0.496. The van der Waals surface area contributed by atoms with Gasteiger partial charge in [0, 0.05) is 11.8 Å². The topological polar surface area (TPSA) is 73.6 Å². The average Bonchev–Trinajstić information content (AvgIpc) is 2.20. The Morgan fingerprint density at radius 3 is 2.71 bits per heavy atom. The molecule has 0 aliphatic heterocycles. The minimum Gasteiger partial charge on any atom is -0.494 e. The predicted octanol–water partition coefficient (Wildman–Crippen LogP) is 1.46. The number of anilines is 2. The molecule has 0 spiro atoms. The molecule has 0 heterocycles. The Morgan fingerprint density at radius 2 is 2.14 bits per heavy atom. The first-order valence-corrected chi connectivity index (χ1v) is 3.96. The van der Waals surface area contributed by atoms with Gasteiger partial charge in [-0.2, -0.15) is 0 Å². The van der Waals surface area contributed by atoms with Gasteiger partial charge in [0.1, 0.15) is 5.75 Å². The first-order chi connectivity index (χ1) is 6.67. The van der Waals surface area contributed by atoms with E-state index in [1.54, 1.807) is 18.2 Å². The third-order valence-corrected chi connectivity index (χ3v) is 1.65. The predicted molar refractivity (Wildman–Crippen MR) is 53.4 cm³/mol. The SMILES string of the molecule is COC(=O)Nc1ccc(N)cc1OC. The summed E-state index contributed by atoms with van der Waals surface area (Å²) in [6.07, 6.45) is -0.548. The van der Waals surface area contributed by atoms with E-state index in [1.807, 2.05) is 0 Å². The number of hydrogen-bond acceptors (Lipinski definition) is 4. The van der Waals surface area contributed by atoms with Crippen molar-refractivity contribution in [3.8, 4) is 5.75 Å². The molecule has 0 saturated carbocycles. The second-order valence-corrected chi connectivity index (χ2v) is 2.58. The average molecular weight is 196 g/mol. The van der Waals surface area contributed by atoms with Crippen LogP contribution in [0.4, 0.5) is 16.2 Å². The Bertz CT molecular complexity index is 339. The second-order valence-electron chi connectivity index (χ2n) is 2.58. The van der Waals surface area contributed by atoms with Crippen LogP contribution in [-0.2, 0) is 4.74 Å². The molecule has 1 amide bonds. The molecule has 0 fully saturated rings. The minimum atomic E-state index is -0.548. The molecule has 0 aliphatic rings. The number of benzene rings is 1. The largest absolute Gasteiger partial charge is 0.494 e. The summed E-state index contributed by atoms with van der Waals surface area (Å²) in [5, 5.41) is 2.50. The van der Waals surface area contributed by atoms with Crippen LogP contribution in [0.25, 0.3) is 0 Å². The molecular weight excluding hydrogens is 184 g/mol. The normalized spacial score (nSPS) is 9.29.